The molecular weight excluding hydrogens is 206 g/mol. The van der Waals surface area contributed by atoms with Crippen LogP contribution in [0.1, 0.15) is 35.9 Å². The first kappa shape index (κ1) is 12.3. The largest absolute Gasteiger partial charge is 0.475 e. The summed E-state index contributed by atoms with van der Waals surface area (Å²) in [5, 5.41) is 12.0. The zero-order valence-corrected chi connectivity index (χ0v) is 9.19. The molecule has 0 amide bonds. The van der Waals surface area contributed by atoms with Crippen molar-refractivity contribution in [3.8, 4) is 12.3 Å². The van der Waals surface area contributed by atoms with E-state index in [9.17, 15) is 4.79 Å². The molecule has 0 saturated carbocycles. The SMILES string of the molecule is C#CCC(CC)NCc1ccoc1C(=O)O. The average molecular weight is 221 g/mol. The zero-order valence-electron chi connectivity index (χ0n) is 9.19. The smallest absolute Gasteiger partial charge is 0.372 e. The van der Waals surface area contributed by atoms with E-state index in [0.717, 1.165) is 6.42 Å². The topological polar surface area (TPSA) is 62.5 Å². The second kappa shape index (κ2) is 5.99. The number of rotatable bonds is 6. The van der Waals surface area contributed by atoms with Crippen LogP contribution in [-0.2, 0) is 6.54 Å². The van der Waals surface area contributed by atoms with E-state index in [-0.39, 0.29) is 11.8 Å². The molecule has 86 valence electrons. The third kappa shape index (κ3) is 3.14. The summed E-state index contributed by atoms with van der Waals surface area (Å²) in [7, 11) is 0. The van der Waals surface area contributed by atoms with Crippen molar-refractivity contribution in [1.82, 2.24) is 5.32 Å². The van der Waals surface area contributed by atoms with Crippen molar-refractivity contribution in [2.24, 2.45) is 0 Å². The van der Waals surface area contributed by atoms with Gasteiger partial charge in [-0.3, -0.25) is 0 Å². The molecule has 4 nitrogen and oxygen atoms in total. The Morgan fingerprint density at radius 2 is 2.50 bits per heavy atom. The van der Waals surface area contributed by atoms with Gasteiger partial charge in [-0.25, -0.2) is 4.79 Å². The first-order chi connectivity index (χ1) is 7.69. The number of aromatic carboxylic acids is 1. The summed E-state index contributed by atoms with van der Waals surface area (Å²) >= 11 is 0. The molecule has 2 N–H and O–H groups in total. The van der Waals surface area contributed by atoms with E-state index in [4.69, 9.17) is 15.9 Å². The van der Waals surface area contributed by atoms with Gasteiger partial charge in [0.05, 0.1) is 6.26 Å². The fraction of sp³-hybridized carbons (Fsp3) is 0.417. The lowest BCUT2D eigenvalue weighted by molar-refractivity contribution is 0.0660. The van der Waals surface area contributed by atoms with Crippen molar-refractivity contribution in [3.63, 3.8) is 0 Å². The molecule has 0 aliphatic rings. The van der Waals surface area contributed by atoms with E-state index in [1.807, 2.05) is 6.92 Å². The van der Waals surface area contributed by atoms with Gasteiger partial charge in [0.15, 0.2) is 0 Å². The molecule has 16 heavy (non-hydrogen) atoms. The molecule has 0 bridgehead atoms. The first-order valence-electron chi connectivity index (χ1n) is 5.15. The number of terminal acetylenes is 1. The van der Waals surface area contributed by atoms with E-state index >= 15 is 0 Å². The van der Waals surface area contributed by atoms with Crippen molar-refractivity contribution < 1.29 is 14.3 Å². The molecule has 1 heterocycles. The molecule has 4 heteroatoms. The standard InChI is InChI=1S/C12H15NO3/c1-3-5-10(4-2)13-8-9-6-7-16-11(9)12(14)15/h1,6-7,10,13H,4-5,8H2,2H3,(H,14,15). The third-order valence-corrected chi connectivity index (χ3v) is 2.38. The van der Waals surface area contributed by atoms with Gasteiger partial charge in [-0.15, -0.1) is 12.3 Å². The highest BCUT2D eigenvalue weighted by molar-refractivity contribution is 5.86. The van der Waals surface area contributed by atoms with E-state index < -0.39 is 5.97 Å². The molecular formula is C12H15NO3. The first-order valence-corrected chi connectivity index (χ1v) is 5.15. The second-order valence-corrected chi connectivity index (χ2v) is 3.47. The average Bonchev–Trinajstić information content (AvgIpc) is 2.72. The van der Waals surface area contributed by atoms with Crippen LogP contribution in [0.2, 0.25) is 0 Å². The molecule has 1 aromatic heterocycles. The lowest BCUT2D eigenvalue weighted by Gasteiger charge is -2.13. The van der Waals surface area contributed by atoms with Crippen LogP contribution in [0.4, 0.5) is 0 Å². The van der Waals surface area contributed by atoms with Gasteiger partial charge >= 0.3 is 5.97 Å². The number of furan rings is 1. The van der Waals surface area contributed by atoms with Gasteiger partial charge in [-0.1, -0.05) is 6.92 Å². The fourth-order valence-corrected chi connectivity index (χ4v) is 1.42. The van der Waals surface area contributed by atoms with Crippen LogP contribution in [-0.4, -0.2) is 17.1 Å². The van der Waals surface area contributed by atoms with Gasteiger partial charge in [0.25, 0.3) is 0 Å². The summed E-state index contributed by atoms with van der Waals surface area (Å²) in [6.45, 7) is 2.49. The fourth-order valence-electron chi connectivity index (χ4n) is 1.42. The van der Waals surface area contributed by atoms with Gasteiger partial charge in [0, 0.05) is 24.6 Å². The van der Waals surface area contributed by atoms with E-state index in [1.54, 1.807) is 6.07 Å². The van der Waals surface area contributed by atoms with E-state index in [2.05, 4.69) is 11.2 Å². The van der Waals surface area contributed by atoms with Crippen molar-refractivity contribution >= 4 is 5.97 Å². The monoisotopic (exact) mass is 221 g/mol. The Labute approximate surface area is 94.7 Å². The summed E-state index contributed by atoms with van der Waals surface area (Å²) in [6.07, 6.45) is 8.15. The van der Waals surface area contributed by atoms with Crippen molar-refractivity contribution in [3.05, 3.63) is 23.7 Å². The minimum Gasteiger partial charge on any atom is -0.475 e. The lowest BCUT2D eigenvalue weighted by Crippen LogP contribution is -2.27. The number of nitrogens with one attached hydrogen (secondary N) is 1. The molecule has 0 spiro atoms. The summed E-state index contributed by atoms with van der Waals surface area (Å²) in [5.41, 5.74) is 0.642. The van der Waals surface area contributed by atoms with Crippen LogP contribution in [0.5, 0.6) is 0 Å². The Kier molecular flexibility index (Phi) is 4.62. The van der Waals surface area contributed by atoms with Crippen LogP contribution in [0.15, 0.2) is 16.7 Å². The summed E-state index contributed by atoms with van der Waals surface area (Å²) in [5.74, 6) is 1.52. The predicted molar refractivity (Wildman–Crippen MR) is 60.0 cm³/mol. The van der Waals surface area contributed by atoms with Crippen molar-refractivity contribution in [2.45, 2.75) is 32.4 Å². The van der Waals surface area contributed by atoms with E-state index in [1.165, 1.54) is 6.26 Å². The maximum atomic E-state index is 10.8. The number of hydrogen-bond donors (Lipinski definition) is 2. The highest BCUT2D eigenvalue weighted by Crippen LogP contribution is 2.11. The van der Waals surface area contributed by atoms with Gasteiger partial charge in [0.1, 0.15) is 0 Å². The van der Waals surface area contributed by atoms with Crippen LogP contribution < -0.4 is 5.32 Å². The number of carboxylic acid groups (broad SMARTS) is 1. The van der Waals surface area contributed by atoms with Gasteiger partial charge in [-0.2, -0.15) is 0 Å². The van der Waals surface area contributed by atoms with Crippen LogP contribution >= 0.6 is 0 Å². The van der Waals surface area contributed by atoms with Crippen LogP contribution in [0.25, 0.3) is 0 Å². The highest BCUT2D eigenvalue weighted by atomic mass is 16.4. The molecule has 0 saturated heterocycles. The molecule has 0 aliphatic carbocycles. The Morgan fingerprint density at radius 3 is 3.06 bits per heavy atom. The van der Waals surface area contributed by atoms with Crippen LogP contribution in [0.3, 0.4) is 0 Å². The van der Waals surface area contributed by atoms with Gasteiger partial charge < -0.3 is 14.8 Å². The van der Waals surface area contributed by atoms with Crippen molar-refractivity contribution in [2.75, 3.05) is 0 Å². The molecule has 1 unspecified atom stereocenters. The van der Waals surface area contributed by atoms with E-state index in [0.29, 0.717) is 18.5 Å². The maximum Gasteiger partial charge on any atom is 0.372 e. The second-order valence-electron chi connectivity index (χ2n) is 3.47. The normalized spacial score (nSPS) is 12.0. The predicted octanol–water partition coefficient (Wildman–Crippen LogP) is 1.87. The number of hydrogen-bond acceptors (Lipinski definition) is 3. The Balaban J connectivity index is 2.57. The number of carboxylic acids is 1. The molecule has 1 aromatic rings. The molecule has 0 aliphatic heterocycles. The highest BCUT2D eigenvalue weighted by Gasteiger charge is 2.14. The van der Waals surface area contributed by atoms with Gasteiger partial charge in [-0.05, 0) is 12.5 Å². The maximum absolute atomic E-state index is 10.8. The molecule has 1 rings (SSSR count). The molecule has 0 fully saturated rings. The minimum absolute atomic E-state index is 0.0111. The quantitative estimate of drug-likeness (QED) is 0.720. The number of carbonyl (C=O) groups is 1. The molecule has 1 atom stereocenters. The summed E-state index contributed by atoms with van der Waals surface area (Å²) in [4.78, 5) is 10.8. The van der Waals surface area contributed by atoms with Crippen molar-refractivity contribution in [1.29, 1.82) is 0 Å². The Bertz CT molecular complexity index is 389. The minimum atomic E-state index is -1.05. The third-order valence-electron chi connectivity index (χ3n) is 2.38. The zero-order chi connectivity index (χ0) is 12.0. The Hall–Kier alpha value is -1.73. The molecule has 0 radical (unpaired) electrons. The van der Waals surface area contributed by atoms with Gasteiger partial charge in [0.2, 0.25) is 5.76 Å². The van der Waals surface area contributed by atoms with Crippen LogP contribution in [0, 0.1) is 12.3 Å². The summed E-state index contributed by atoms with van der Waals surface area (Å²) < 4.78 is 4.87. The summed E-state index contributed by atoms with van der Waals surface area (Å²) in [6, 6.07) is 1.86. The Morgan fingerprint density at radius 1 is 1.75 bits per heavy atom. The molecule has 0 aromatic carbocycles. The lowest BCUT2D eigenvalue weighted by atomic mass is 10.1.